The van der Waals surface area contributed by atoms with Gasteiger partial charge in [-0.2, -0.15) is 13.2 Å². The number of alkyl halides is 3. The van der Waals surface area contributed by atoms with Gasteiger partial charge in [0.25, 0.3) is 0 Å². The first kappa shape index (κ1) is 19.0. The Morgan fingerprint density at radius 3 is 2.35 bits per heavy atom. The first-order valence-electron chi connectivity index (χ1n) is 7.55. The van der Waals surface area contributed by atoms with Crippen molar-refractivity contribution in [1.82, 2.24) is 0 Å². The molecule has 23 heavy (non-hydrogen) atoms. The minimum Gasteiger partial charge on any atom is -0.456 e. The van der Waals surface area contributed by atoms with E-state index >= 15 is 0 Å². The third-order valence-corrected chi connectivity index (χ3v) is 3.37. The summed E-state index contributed by atoms with van der Waals surface area (Å²) in [4.78, 5) is 4.31. The van der Waals surface area contributed by atoms with Gasteiger partial charge in [0.1, 0.15) is 11.5 Å². The molecule has 0 spiro atoms. The highest BCUT2D eigenvalue weighted by Crippen LogP contribution is 2.30. The summed E-state index contributed by atoms with van der Waals surface area (Å²) in [6, 6.07) is 4.51. The average Bonchev–Trinajstić information content (AvgIpc) is 2.50. The topological polar surface area (TPSA) is 21.6 Å². The maximum Gasteiger partial charge on any atom is 0.416 e. The van der Waals surface area contributed by atoms with Crippen molar-refractivity contribution in [3.8, 4) is 5.75 Å². The number of aliphatic imine (C=N–C) groups is 1. The molecule has 1 rings (SSSR count). The molecule has 1 unspecified atom stereocenters. The quantitative estimate of drug-likeness (QED) is 0.444. The Hall–Kier alpha value is -2.04. The van der Waals surface area contributed by atoms with Crippen LogP contribution in [-0.2, 0) is 6.18 Å². The Labute approximate surface area is 135 Å². The Morgan fingerprint density at radius 1 is 1.26 bits per heavy atom. The van der Waals surface area contributed by atoms with Crippen LogP contribution in [0.2, 0.25) is 0 Å². The second kappa shape index (κ2) is 8.56. The fourth-order valence-corrected chi connectivity index (χ4v) is 1.69. The normalized spacial score (nSPS) is 14.1. The molecular formula is C18H22F3NO. The number of hydrogen-bond donors (Lipinski definition) is 0. The van der Waals surface area contributed by atoms with Crippen molar-refractivity contribution in [2.45, 2.75) is 39.8 Å². The lowest BCUT2D eigenvalue weighted by atomic mass is 10.1. The molecule has 0 aliphatic heterocycles. The maximum atomic E-state index is 12.5. The zero-order valence-electron chi connectivity index (χ0n) is 13.7. The summed E-state index contributed by atoms with van der Waals surface area (Å²) in [6.07, 6.45) is 0.989. The van der Waals surface area contributed by atoms with Gasteiger partial charge in [-0.15, -0.1) is 0 Å². The summed E-state index contributed by atoms with van der Waals surface area (Å²) in [5.74, 6) is 1.07. The zero-order valence-corrected chi connectivity index (χ0v) is 13.7. The summed E-state index contributed by atoms with van der Waals surface area (Å²) >= 11 is 0. The van der Waals surface area contributed by atoms with E-state index in [1.54, 1.807) is 6.20 Å². The van der Waals surface area contributed by atoms with Gasteiger partial charge in [-0.05, 0) is 36.6 Å². The zero-order chi connectivity index (χ0) is 17.5. The van der Waals surface area contributed by atoms with Crippen molar-refractivity contribution >= 4 is 5.71 Å². The molecule has 5 heteroatoms. The molecule has 0 N–H and O–H groups in total. The van der Waals surface area contributed by atoms with Crippen LogP contribution in [0.3, 0.4) is 0 Å². The lowest BCUT2D eigenvalue weighted by Gasteiger charge is -2.11. The summed E-state index contributed by atoms with van der Waals surface area (Å²) in [6.45, 7) is 9.89. The number of hydrogen-bond acceptors (Lipinski definition) is 2. The van der Waals surface area contributed by atoms with Crippen molar-refractivity contribution in [3.05, 3.63) is 54.4 Å². The van der Waals surface area contributed by atoms with Gasteiger partial charge in [-0.25, -0.2) is 0 Å². The molecule has 0 aromatic heterocycles. The van der Waals surface area contributed by atoms with Gasteiger partial charge in [0.15, 0.2) is 0 Å². The van der Waals surface area contributed by atoms with E-state index in [0.717, 1.165) is 18.6 Å². The monoisotopic (exact) mass is 325 g/mol. The van der Waals surface area contributed by atoms with Crippen LogP contribution >= 0.6 is 0 Å². The van der Waals surface area contributed by atoms with Gasteiger partial charge in [0, 0.05) is 6.20 Å². The lowest BCUT2D eigenvalue weighted by Crippen LogP contribution is -2.08. The predicted octanol–water partition coefficient (Wildman–Crippen LogP) is 6.01. The van der Waals surface area contributed by atoms with E-state index in [1.165, 1.54) is 12.1 Å². The van der Waals surface area contributed by atoms with Crippen molar-refractivity contribution in [2.75, 3.05) is 0 Å². The molecule has 0 aliphatic carbocycles. The second-order valence-corrected chi connectivity index (χ2v) is 5.20. The first-order chi connectivity index (χ1) is 10.8. The van der Waals surface area contributed by atoms with Crippen molar-refractivity contribution in [3.63, 3.8) is 0 Å². The standard InChI is InChI=1S/C18H22F3NO/c1-5-13(3)11-12-22-17(6-2)14(4)23-16-9-7-15(8-10-16)18(19,20)21/h7-13H,4-6H2,1-3H3/b12-11-,22-17-. The van der Waals surface area contributed by atoms with Crippen LogP contribution in [0, 0.1) is 5.92 Å². The van der Waals surface area contributed by atoms with Gasteiger partial charge in [-0.3, -0.25) is 4.99 Å². The molecule has 1 atom stereocenters. The summed E-state index contributed by atoms with van der Waals surface area (Å²) in [5.41, 5.74) is -0.0548. The number of allylic oxidation sites excluding steroid dienone is 2. The fraction of sp³-hybridized carbons (Fsp3) is 0.389. The molecule has 0 saturated carbocycles. The third kappa shape index (κ3) is 6.30. The molecule has 0 amide bonds. The van der Waals surface area contributed by atoms with E-state index in [0.29, 0.717) is 29.6 Å². The minimum atomic E-state index is -4.35. The Balaban J connectivity index is 2.76. The van der Waals surface area contributed by atoms with Crippen LogP contribution < -0.4 is 4.74 Å². The number of rotatable bonds is 7. The SMILES string of the molecule is C=C(Oc1ccc(C(F)(F)F)cc1)/C(CC)=N\C=C/C(C)CC. The fourth-order valence-electron chi connectivity index (χ4n) is 1.69. The molecule has 0 bridgehead atoms. The molecule has 0 radical (unpaired) electrons. The number of nitrogens with zero attached hydrogens (tertiary/aromatic N) is 1. The first-order valence-corrected chi connectivity index (χ1v) is 7.55. The van der Waals surface area contributed by atoms with Gasteiger partial charge in [-0.1, -0.05) is 39.8 Å². The predicted molar refractivity (Wildman–Crippen MR) is 87.5 cm³/mol. The van der Waals surface area contributed by atoms with Crippen molar-refractivity contribution in [2.24, 2.45) is 10.9 Å². The van der Waals surface area contributed by atoms with E-state index in [9.17, 15) is 13.2 Å². The summed E-state index contributed by atoms with van der Waals surface area (Å²) < 4.78 is 43.0. The molecule has 1 aromatic carbocycles. The second-order valence-electron chi connectivity index (χ2n) is 5.20. The highest BCUT2D eigenvalue weighted by Gasteiger charge is 2.30. The Kier molecular flexibility index (Phi) is 7.07. The number of benzene rings is 1. The van der Waals surface area contributed by atoms with Crippen LogP contribution in [-0.4, -0.2) is 5.71 Å². The third-order valence-electron chi connectivity index (χ3n) is 3.37. The Bertz CT molecular complexity index is 571. The van der Waals surface area contributed by atoms with Crippen LogP contribution in [0.4, 0.5) is 13.2 Å². The largest absolute Gasteiger partial charge is 0.456 e. The van der Waals surface area contributed by atoms with E-state index in [1.807, 2.05) is 13.0 Å². The minimum absolute atomic E-state index is 0.301. The summed E-state index contributed by atoms with van der Waals surface area (Å²) in [7, 11) is 0. The molecule has 0 heterocycles. The van der Waals surface area contributed by atoms with Gasteiger partial charge >= 0.3 is 6.18 Å². The van der Waals surface area contributed by atoms with E-state index in [4.69, 9.17) is 4.74 Å². The maximum absolute atomic E-state index is 12.5. The molecule has 0 aliphatic rings. The molecular weight excluding hydrogens is 303 g/mol. The molecule has 0 saturated heterocycles. The molecule has 2 nitrogen and oxygen atoms in total. The lowest BCUT2D eigenvalue weighted by molar-refractivity contribution is -0.137. The van der Waals surface area contributed by atoms with Crippen molar-refractivity contribution in [1.29, 1.82) is 0 Å². The highest BCUT2D eigenvalue weighted by atomic mass is 19.4. The van der Waals surface area contributed by atoms with Gasteiger partial charge in [0.05, 0.1) is 11.3 Å². The van der Waals surface area contributed by atoms with E-state index < -0.39 is 11.7 Å². The van der Waals surface area contributed by atoms with Gasteiger partial charge in [0.2, 0.25) is 0 Å². The number of ether oxygens (including phenoxy) is 1. The van der Waals surface area contributed by atoms with Gasteiger partial charge < -0.3 is 4.74 Å². The van der Waals surface area contributed by atoms with E-state index in [2.05, 4.69) is 25.4 Å². The van der Waals surface area contributed by atoms with Crippen LogP contribution in [0.5, 0.6) is 5.75 Å². The average molecular weight is 325 g/mol. The number of halogens is 3. The Morgan fingerprint density at radius 2 is 1.87 bits per heavy atom. The van der Waals surface area contributed by atoms with E-state index in [-0.39, 0.29) is 0 Å². The molecule has 1 aromatic rings. The highest BCUT2D eigenvalue weighted by molar-refractivity contribution is 5.98. The smallest absolute Gasteiger partial charge is 0.416 e. The van der Waals surface area contributed by atoms with Crippen LogP contribution in [0.25, 0.3) is 0 Å². The molecule has 126 valence electrons. The van der Waals surface area contributed by atoms with Crippen LogP contribution in [0.1, 0.15) is 39.2 Å². The van der Waals surface area contributed by atoms with Crippen molar-refractivity contribution < 1.29 is 17.9 Å². The molecule has 0 fully saturated rings. The summed E-state index contributed by atoms with van der Waals surface area (Å²) in [5, 5.41) is 0. The van der Waals surface area contributed by atoms with Crippen LogP contribution in [0.15, 0.2) is 53.9 Å².